The number of nitrogens with zero attached hydrogens (tertiary/aromatic N) is 2. The monoisotopic (exact) mass is 181 g/mol. The lowest BCUT2D eigenvalue weighted by Crippen LogP contribution is -2.13. The van der Waals surface area contributed by atoms with E-state index >= 15 is 0 Å². The molecule has 1 rings (SSSR count). The van der Waals surface area contributed by atoms with E-state index in [1.807, 2.05) is 13.8 Å². The number of hydrogen-bond acceptors (Lipinski definition) is 5. The van der Waals surface area contributed by atoms with E-state index < -0.39 is 0 Å². The first-order chi connectivity index (χ1) is 6.33. The maximum Gasteiger partial charge on any atom is 0.148 e. The predicted molar refractivity (Wildman–Crippen MR) is 53.4 cm³/mol. The number of anilines is 2. The summed E-state index contributed by atoms with van der Waals surface area (Å²) < 4.78 is 0. The topological polar surface area (TPSA) is 75.9 Å². The molecule has 13 heavy (non-hydrogen) atoms. The Morgan fingerprint density at radius 2 is 2.00 bits per heavy atom. The SMILES string of the molecule is CCNc1ncnc(NN)c1CC. The Bertz CT molecular complexity index is 273. The highest BCUT2D eigenvalue weighted by Crippen LogP contribution is 2.18. The molecule has 4 N–H and O–H groups in total. The van der Waals surface area contributed by atoms with E-state index in [-0.39, 0.29) is 0 Å². The lowest BCUT2D eigenvalue weighted by Gasteiger charge is -2.10. The third-order valence-electron chi connectivity index (χ3n) is 1.78. The Kier molecular flexibility index (Phi) is 3.45. The summed E-state index contributed by atoms with van der Waals surface area (Å²) >= 11 is 0. The van der Waals surface area contributed by atoms with Gasteiger partial charge in [-0.1, -0.05) is 6.92 Å². The lowest BCUT2D eigenvalue weighted by atomic mass is 10.2. The number of rotatable bonds is 4. The highest BCUT2D eigenvalue weighted by Gasteiger charge is 2.06. The van der Waals surface area contributed by atoms with Crippen molar-refractivity contribution in [3.63, 3.8) is 0 Å². The minimum atomic E-state index is 0.688. The van der Waals surface area contributed by atoms with Crippen molar-refractivity contribution in [3.05, 3.63) is 11.9 Å². The van der Waals surface area contributed by atoms with Crippen molar-refractivity contribution < 1.29 is 0 Å². The normalized spacial score (nSPS) is 9.77. The molecule has 5 nitrogen and oxygen atoms in total. The molecule has 0 fully saturated rings. The van der Waals surface area contributed by atoms with Gasteiger partial charge < -0.3 is 10.7 Å². The van der Waals surface area contributed by atoms with Crippen LogP contribution in [0.15, 0.2) is 6.33 Å². The van der Waals surface area contributed by atoms with Crippen molar-refractivity contribution in [3.8, 4) is 0 Å². The largest absolute Gasteiger partial charge is 0.370 e. The molecule has 0 bridgehead atoms. The molecule has 72 valence electrons. The van der Waals surface area contributed by atoms with E-state index in [4.69, 9.17) is 5.84 Å². The molecule has 0 saturated carbocycles. The zero-order valence-corrected chi connectivity index (χ0v) is 7.96. The summed E-state index contributed by atoms with van der Waals surface area (Å²) in [6.07, 6.45) is 2.34. The zero-order valence-electron chi connectivity index (χ0n) is 7.96. The van der Waals surface area contributed by atoms with E-state index in [0.29, 0.717) is 5.82 Å². The van der Waals surface area contributed by atoms with Crippen LogP contribution in [0.3, 0.4) is 0 Å². The number of nitrogen functional groups attached to an aromatic ring is 1. The Labute approximate surface area is 77.7 Å². The average molecular weight is 181 g/mol. The molecule has 0 aromatic carbocycles. The van der Waals surface area contributed by atoms with Crippen molar-refractivity contribution in [2.45, 2.75) is 20.3 Å². The van der Waals surface area contributed by atoms with Crippen LogP contribution in [0.1, 0.15) is 19.4 Å². The minimum absolute atomic E-state index is 0.688. The molecular formula is C8H15N5. The van der Waals surface area contributed by atoms with Gasteiger partial charge in [0.1, 0.15) is 18.0 Å². The molecule has 5 heteroatoms. The highest BCUT2D eigenvalue weighted by molar-refractivity contribution is 5.56. The molecule has 0 aliphatic heterocycles. The molecule has 0 spiro atoms. The van der Waals surface area contributed by atoms with Crippen LogP contribution in [0.4, 0.5) is 11.6 Å². The molecular weight excluding hydrogens is 166 g/mol. The first-order valence-corrected chi connectivity index (χ1v) is 4.37. The van der Waals surface area contributed by atoms with Gasteiger partial charge in [-0.05, 0) is 13.3 Å². The standard InChI is InChI=1S/C8H15N5/c1-3-6-7(10-4-2)11-5-12-8(6)13-9/h5H,3-4,9H2,1-2H3,(H2,10,11,12,13). The Morgan fingerprint density at radius 3 is 2.54 bits per heavy atom. The van der Waals surface area contributed by atoms with E-state index in [1.165, 1.54) is 6.33 Å². The van der Waals surface area contributed by atoms with Crippen LogP contribution in [0.25, 0.3) is 0 Å². The fourth-order valence-electron chi connectivity index (χ4n) is 1.19. The number of hydrazine groups is 1. The van der Waals surface area contributed by atoms with Gasteiger partial charge in [-0.3, -0.25) is 0 Å². The summed E-state index contributed by atoms with van der Waals surface area (Å²) in [4.78, 5) is 8.15. The van der Waals surface area contributed by atoms with E-state index in [9.17, 15) is 0 Å². The van der Waals surface area contributed by atoms with Crippen LogP contribution < -0.4 is 16.6 Å². The molecule has 1 heterocycles. The smallest absolute Gasteiger partial charge is 0.148 e. The summed E-state index contributed by atoms with van der Waals surface area (Å²) in [7, 11) is 0. The zero-order chi connectivity index (χ0) is 9.68. The summed E-state index contributed by atoms with van der Waals surface area (Å²) in [5.41, 5.74) is 3.57. The quantitative estimate of drug-likeness (QED) is 0.472. The van der Waals surface area contributed by atoms with Crippen LogP contribution in [0.2, 0.25) is 0 Å². The molecule has 1 aromatic heterocycles. The van der Waals surface area contributed by atoms with Gasteiger partial charge in [0.25, 0.3) is 0 Å². The van der Waals surface area contributed by atoms with Crippen molar-refractivity contribution in [1.82, 2.24) is 9.97 Å². The second-order valence-corrected chi connectivity index (χ2v) is 2.58. The molecule has 0 saturated heterocycles. The molecule has 0 amide bonds. The fraction of sp³-hybridized carbons (Fsp3) is 0.500. The van der Waals surface area contributed by atoms with Crippen LogP contribution in [0.5, 0.6) is 0 Å². The van der Waals surface area contributed by atoms with E-state index in [2.05, 4.69) is 20.7 Å². The van der Waals surface area contributed by atoms with Gasteiger partial charge in [0.05, 0.1) is 0 Å². The molecule has 1 aromatic rings. The third-order valence-corrected chi connectivity index (χ3v) is 1.78. The fourth-order valence-corrected chi connectivity index (χ4v) is 1.19. The molecule has 0 aliphatic carbocycles. The molecule has 0 atom stereocenters. The van der Waals surface area contributed by atoms with Gasteiger partial charge in [-0.25, -0.2) is 15.8 Å². The van der Waals surface area contributed by atoms with E-state index in [1.54, 1.807) is 0 Å². The molecule has 0 unspecified atom stereocenters. The lowest BCUT2D eigenvalue weighted by molar-refractivity contribution is 1.02. The van der Waals surface area contributed by atoms with Gasteiger partial charge in [0, 0.05) is 12.1 Å². The number of nitrogens with two attached hydrogens (primary N) is 1. The van der Waals surface area contributed by atoms with Gasteiger partial charge in [-0.2, -0.15) is 0 Å². The Hall–Kier alpha value is -1.36. The van der Waals surface area contributed by atoms with E-state index in [0.717, 1.165) is 24.3 Å². The predicted octanol–water partition coefficient (Wildman–Crippen LogP) is 0.756. The van der Waals surface area contributed by atoms with Crippen molar-refractivity contribution in [2.75, 3.05) is 17.3 Å². The van der Waals surface area contributed by atoms with Crippen LogP contribution in [-0.4, -0.2) is 16.5 Å². The molecule has 0 radical (unpaired) electrons. The van der Waals surface area contributed by atoms with Gasteiger partial charge >= 0.3 is 0 Å². The Balaban J connectivity index is 3.03. The van der Waals surface area contributed by atoms with Crippen LogP contribution >= 0.6 is 0 Å². The first-order valence-electron chi connectivity index (χ1n) is 4.37. The molecule has 0 aliphatic rings. The van der Waals surface area contributed by atoms with Crippen molar-refractivity contribution in [1.29, 1.82) is 0 Å². The summed E-state index contributed by atoms with van der Waals surface area (Å²) in [6, 6.07) is 0. The number of nitrogens with one attached hydrogen (secondary N) is 2. The summed E-state index contributed by atoms with van der Waals surface area (Å²) in [5, 5.41) is 3.16. The number of aromatic nitrogens is 2. The minimum Gasteiger partial charge on any atom is -0.370 e. The maximum atomic E-state index is 5.32. The third kappa shape index (κ3) is 2.06. The van der Waals surface area contributed by atoms with Crippen molar-refractivity contribution in [2.24, 2.45) is 5.84 Å². The van der Waals surface area contributed by atoms with Gasteiger partial charge in [0.2, 0.25) is 0 Å². The van der Waals surface area contributed by atoms with Crippen LogP contribution in [-0.2, 0) is 6.42 Å². The maximum absolute atomic E-state index is 5.32. The van der Waals surface area contributed by atoms with Crippen molar-refractivity contribution >= 4 is 11.6 Å². The highest BCUT2D eigenvalue weighted by atomic mass is 15.3. The Morgan fingerprint density at radius 1 is 1.31 bits per heavy atom. The second kappa shape index (κ2) is 4.61. The van der Waals surface area contributed by atoms with Crippen LogP contribution in [0, 0.1) is 0 Å². The average Bonchev–Trinajstić information content (AvgIpc) is 2.18. The van der Waals surface area contributed by atoms with Gasteiger partial charge in [-0.15, -0.1) is 0 Å². The van der Waals surface area contributed by atoms with Gasteiger partial charge in [0.15, 0.2) is 0 Å². The number of hydrogen-bond donors (Lipinski definition) is 3. The first kappa shape index (κ1) is 9.73. The second-order valence-electron chi connectivity index (χ2n) is 2.58. The summed E-state index contributed by atoms with van der Waals surface area (Å²) in [6.45, 7) is 4.91. The summed E-state index contributed by atoms with van der Waals surface area (Å²) in [5.74, 6) is 6.87.